The van der Waals surface area contributed by atoms with Crippen LogP contribution in [0.1, 0.15) is 24.7 Å². The summed E-state index contributed by atoms with van der Waals surface area (Å²) < 4.78 is 6.38. The van der Waals surface area contributed by atoms with E-state index in [9.17, 15) is 4.79 Å². The van der Waals surface area contributed by atoms with Gasteiger partial charge in [-0.1, -0.05) is 29.9 Å². The van der Waals surface area contributed by atoms with Gasteiger partial charge in [0.25, 0.3) is 0 Å². The van der Waals surface area contributed by atoms with Gasteiger partial charge in [-0.2, -0.15) is 0 Å². The van der Waals surface area contributed by atoms with Gasteiger partial charge < -0.3 is 4.42 Å². The van der Waals surface area contributed by atoms with E-state index >= 15 is 0 Å². The lowest BCUT2D eigenvalue weighted by Crippen LogP contribution is -2.29. The maximum absolute atomic E-state index is 12.3. The van der Waals surface area contributed by atoms with Gasteiger partial charge in [0, 0.05) is 11.4 Å². The molecule has 0 aliphatic carbocycles. The third kappa shape index (κ3) is 2.74. The van der Waals surface area contributed by atoms with Crippen molar-refractivity contribution in [2.24, 2.45) is 0 Å². The molecule has 2 heterocycles. The summed E-state index contributed by atoms with van der Waals surface area (Å²) >= 11 is 7.64. The number of carbonyl (C=O) groups is 1. The summed E-state index contributed by atoms with van der Waals surface area (Å²) in [7, 11) is 0. The highest BCUT2D eigenvalue weighted by Crippen LogP contribution is 2.34. The van der Waals surface area contributed by atoms with Crippen molar-refractivity contribution >= 4 is 44.2 Å². The molecule has 0 fully saturated rings. The molecule has 0 unspecified atom stereocenters. The number of fused-ring (bicyclic) bond motifs is 1. The van der Waals surface area contributed by atoms with Crippen LogP contribution in [-0.2, 0) is 11.3 Å². The monoisotopic (exact) mass is 334 g/mol. The van der Waals surface area contributed by atoms with E-state index in [1.165, 1.54) is 11.3 Å². The summed E-state index contributed by atoms with van der Waals surface area (Å²) in [6.07, 6.45) is 2.02. The lowest BCUT2D eigenvalue weighted by molar-refractivity contribution is -0.118. The van der Waals surface area contributed by atoms with Crippen molar-refractivity contribution in [3.8, 4) is 0 Å². The van der Waals surface area contributed by atoms with Crippen LogP contribution < -0.4 is 4.90 Å². The number of furan rings is 1. The Kier molecular flexibility index (Phi) is 4.18. The Morgan fingerprint density at radius 2 is 2.23 bits per heavy atom. The zero-order chi connectivity index (χ0) is 15.7. The lowest BCUT2D eigenvalue weighted by Gasteiger charge is -2.17. The van der Waals surface area contributed by atoms with Crippen LogP contribution in [0.3, 0.4) is 0 Å². The van der Waals surface area contributed by atoms with Crippen LogP contribution in [0, 0.1) is 6.92 Å². The van der Waals surface area contributed by atoms with Gasteiger partial charge in [-0.15, -0.1) is 0 Å². The van der Waals surface area contributed by atoms with Gasteiger partial charge in [-0.3, -0.25) is 9.69 Å². The Balaban J connectivity index is 2.04. The van der Waals surface area contributed by atoms with E-state index in [1.807, 2.05) is 38.1 Å². The number of benzene rings is 1. The standard InChI is InChI=1S/C16H15ClN2O2S/c1-3-14(20)19(9-11-5-4-8-21-11)16-18-15-10(2)12(17)6-7-13(15)22-16/h4-8H,3,9H2,1-2H3. The van der Waals surface area contributed by atoms with Gasteiger partial charge in [0.15, 0.2) is 5.13 Å². The highest BCUT2D eigenvalue weighted by molar-refractivity contribution is 7.22. The van der Waals surface area contributed by atoms with E-state index in [0.717, 1.165) is 21.5 Å². The zero-order valence-electron chi connectivity index (χ0n) is 12.3. The molecule has 0 saturated heterocycles. The smallest absolute Gasteiger partial charge is 0.228 e. The van der Waals surface area contributed by atoms with Crippen LogP contribution in [-0.4, -0.2) is 10.9 Å². The molecule has 0 aliphatic rings. The first kappa shape index (κ1) is 15.1. The van der Waals surface area contributed by atoms with Crippen LogP contribution in [0.2, 0.25) is 5.02 Å². The summed E-state index contributed by atoms with van der Waals surface area (Å²) in [5.74, 6) is 0.745. The fourth-order valence-electron chi connectivity index (χ4n) is 2.22. The van der Waals surface area contributed by atoms with Gasteiger partial charge in [0.2, 0.25) is 5.91 Å². The van der Waals surface area contributed by atoms with Gasteiger partial charge >= 0.3 is 0 Å². The average molecular weight is 335 g/mol. The van der Waals surface area contributed by atoms with Crippen molar-refractivity contribution in [1.82, 2.24) is 4.98 Å². The number of amides is 1. The second kappa shape index (κ2) is 6.10. The first-order chi connectivity index (χ1) is 10.6. The van der Waals surface area contributed by atoms with Crippen LogP contribution in [0.25, 0.3) is 10.2 Å². The highest BCUT2D eigenvalue weighted by atomic mass is 35.5. The maximum Gasteiger partial charge on any atom is 0.228 e. The maximum atomic E-state index is 12.3. The summed E-state index contributed by atoms with van der Waals surface area (Å²) in [6.45, 7) is 4.16. The first-order valence-corrected chi connectivity index (χ1v) is 8.18. The molecular weight excluding hydrogens is 320 g/mol. The minimum Gasteiger partial charge on any atom is -0.467 e. The Bertz CT molecular complexity index is 811. The van der Waals surface area contributed by atoms with Crippen molar-refractivity contribution in [3.63, 3.8) is 0 Å². The Morgan fingerprint density at radius 3 is 2.91 bits per heavy atom. The molecule has 0 N–H and O–H groups in total. The fraction of sp³-hybridized carbons (Fsp3) is 0.250. The lowest BCUT2D eigenvalue weighted by atomic mass is 10.2. The highest BCUT2D eigenvalue weighted by Gasteiger charge is 2.20. The number of halogens is 1. The van der Waals surface area contributed by atoms with Crippen LogP contribution in [0.15, 0.2) is 34.9 Å². The predicted octanol–water partition coefficient (Wildman–Crippen LogP) is 4.79. The third-order valence-corrected chi connectivity index (χ3v) is 4.92. The number of hydrogen-bond donors (Lipinski definition) is 0. The number of nitrogens with zero attached hydrogens (tertiary/aromatic N) is 2. The number of rotatable bonds is 4. The molecule has 3 rings (SSSR count). The molecule has 0 aliphatic heterocycles. The Labute approximate surface area is 137 Å². The molecule has 0 radical (unpaired) electrons. The average Bonchev–Trinajstić information content (AvgIpc) is 3.17. The number of carbonyl (C=O) groups excluding carboxylic acids is 1. The van der Waals surface area contributed by atoms with Crippen molar-refractivity contribution in [2.75, 3.05) is 4.90 Å². The number of aromatic nitrogens is 1. The van der Waals surface area contributed by atoms with Crippen molar-refractivity contribution in [2.45, 2.75) is 26.8 Å². The van der Waals surface area contributed by atoms with E-state index in [-0.39, 0.29) is 5.91 Å². The molecule has 6 heteroatoms. The molecule has 2 aromatic heterocycles. The number of thiazole rings is 1. The van der Waals surface area contributed by atoms with E-state index in [4.69, 9.17) is 16.0 Å². The van der Waals surface area contributed by atoms with E-state index in [0.29, 0.717) is 23.1 Å². The van der Waals surface area contributed by atoms with E-state index in [2.05, 4.69) is 4.98 Å². The third-order valence-electron chi connectivity index (χ3n) is 3.47. The number of hydrogen-bond acceptors (Lipinski definition) is 4. The summed E-state index contributed by atoms with van der Waals surface area (Å²) in [6, 6.07) is 7.46. The molecule has 22 heavy (non-hydrogen) atoms. The molecule has 3 aromatic rings. The molecule has 1 amide bonds. The topological polar surface area (TPSA) is 46.3 Å². The fourth-order valence-corrected chi connectivity index (χ4v) is 3.41. The second-order valence-corrected chi connectivity index (χ2v) is 6.34. The number of aryl methyl sites for hydroxylation is 1. The normalized spacial score (nSPS) is 11.0. The SMILES string of the molecule is CCC(=O)N(Cc1ccco1)c1nc2c(C)c(Cl)ccc2s1. The van der Waals surface area contributed by atoms with Crippen LogP contribution >= 0.6 is 22.9 Å². The quantitative estimate of drug-likeness (QED) is 0.688. The summed E-state index contributed by atoms with van der Waals surface area (Å²) in [4.78, 5) is 18.6. The molecule has 0 spiro atoms. The van der Waals surface area contributed by atoms with Crippen molar-refractivity contribution in [1.29, 1.82) is 0 Å². The van der Waals surface area contributed by atoms with Gasteiger partial charge in [-0.05, 0) is 36.8 Å². The second-order valence-electron chi connectivity index (χ2n) is 4.93. The largest absolute Gasteiger partial charge is 0.467 e. The van der Waals surface area contributed by atoms with Gasteiger partial charge in [0.05, 0.1) is 23.0 Å². The summed E-state index contributed by atoms with van der Waals surface area (Å²) in [5, 5.41) is 1.35. The number of anilines is 1. The van der Waals surface area contributed by atoms with Crippen LogP contribution in [0.4, 0.5) is 5.13 Å². The first-order valence-electron chi connectivity index (χ1n) is 6.98. The van der Waals surface area contributed by atoms with E-state index < -0.39 is 0 Å². The Hall–Kier alpha value is -1.85. The predicted molar refractivity (Wildman–Crippen MR) is 89.6 cm³/mol. The molecule has 1 aromatic carbocycles. The molecule has 0 atom stereocenters. The minimum atomic E-state index is 0.0132. The molecule has 114 valence electrons. The minimum absolute atomic E-state index is 0.0132. The van der Waals surface area contributed by atoms with Gasteiger partial charge in [0.1, 0.15) is 5.76 Å². The van der Waals surface area contributed by atoms with Crippen molar-refractivity contribution < 1.29 is 9.21 Å². The molecule has 0 saturated carbocycles. The summed E-state index contributed by atoms with van der Waals surface area (Å²) in [5.41, 5.74) is 1.78. The Morgan fingerprint density at radius 1 is 1.41 bits per heavy atom. The van der Waals surface area contributed by atoms with E-state index in [1.54, 1.807) is 11.2 Å². The molecular formula is C16H15ClN2O2S. The van der Waals surface area contributed by atoms with Crippen LogP contribution in [0.5, 0.6) is 0 Å². The zero-order valence-corrected chi connectivity index (χ0v) is 13.9. The van der Waals surface area contributed by atoms with Crippen molar-refractivity contribution in [3.05, 3.63) is 46.9 Å². The molecule has 0 bridgehead atoms. The van der Waals surface area contributed by atoms with Gasteiger partial charge in [-0.25, -0.2) is 4.98 Å². The molecule has 4 nitrogen and oxygen atoms in total.